The number of amides is 1. The molecule has 0 spiro atoms. The molecule has 122 valence electrons. The van der Waals surface area contributed by atoms with E-state index in [9.17, 15) is 18.0 Å². The minimum atomic E-state index is -3.63. The lowest BCUT2D eigenvalue weighted by atomic mass is 10.1. The second kappa shape index (κ2) is 6.62. The number of pyridine rings is 1. The minimum Gasteiger partial charge on any atom is -0.341 e. The second-order valence-corrected chi connectivity index (χ2v) is 7.71. The van der Waals surface area contributed by atoms with E-state index in [0.717, 1.165) is 28.1 Å². The summed E-state index contributed by atoms with van der Waals surface area (Å²) in [7, 11) is -0.787. The summed E-state index contributed by atoms with van der Waals surface area (Å²) < 4.78 is 26.4. The fourth-order valence-corrected chi connectivity index (χ4v) is 3.31. The first-order valence-electron chi connectivity index (χ1n) is 7.23. The number of hydrogen-bond acceptors (Lipinski definition) is 4. The Kier molecular flexibility index (Phi) is 5.02. The molecule has 2 rings (SSSR count). The highest BCUT2D eigenvalue weighted by molar-refractivity contribution is 7.89. The molecule has 0 atom stereocenters. The van der Waals surface area contributed by atoms with Crippen molar-refractivity contribution in [2.45, 2.75) is 30.7 Å². The van der Waals surface area contributed by atoms with Gasteiger partial charge in [-0.2, -0.15) is 0 Å². The number of rotatable bonds is 4. The van der Waals surface area contributed by atoms with Crippen LogP contribution in [0.25, 0.3) is 0 Å². The highest BCUT2D eigenvalue weighted by atomic mass is 32.2. The van der Waals surface area contributed by atoms with E-state index in [1.54, 1.807) is 4.90 Å². The fourth-order valence-electron chi connectivity index (χ4n) is 2.39. The van der Waals surface area contributed by atoms with Gasteiger partial charge in [-0.25, -0.2) is 12.7 Å². The van der Waals surface area contributed by atoms with Crippen molar-refractivity contribution >= 4 is 15.9 Å². The summed E-state index contributed by atoms with van der Waals surface area (Å²) in [6.45, 7) is 1.27. The number of nitrogens with zero attached hydrogens (tertiary/aromatic N) is 3. The topological polar surface area (TPSA) is 79.7 Å². The molecular formula is C14H21N3O4S. The van der Waals surface area contributed by atoms with Crippen molar-refractivity contribution in [3.05, 3.63) is 28.7 Å². The average Bonchev–Trinajstić information content (AvgIpc) is 2.50. The number of sulfonamides is 1. The van der Waals surface area contributed by atoms with Gasteiger partial charge in [0.05, 0.1) is 4.90 Å². The third-order valence-corrected chi connectivity index (χ3v) is 5.55. The van der Waals surface area contributed by atoms with E-state index in [0.29, 0.717) is 13.1 Å². The van der Waals surface area contributed by atoms with Crippen LogP contribution in [0.4, 0.5) is 0 Å². The average molecular weight is 327 g/mol. The molecule has 2 heterocycles. The molecule has 1 saturated heterocycles. The predicted octanol–water partition coefficient (Wildman–Crippen LogP) is 0.111. The Hall–Kier alpha value is -1.67. The molecule has 1 aromatic heterocycles. The Morgan fingerprint density at radius 3 is 2.41 bits per heavy atom. The van der Waals surface area contributed by atoms with Crippen molar-refractivity contribution in [1.82, 2.24) is 13.8 Å². The number of likely N-dealkylation sites (tertiary alicyclic amines) is 1. The quantitative estimate of drug-likeness (QED) is 0.786. The van der Waals surface area contributed by atoms with Crippen LogP contribution < -0.4 is 5.56 Å². The molecule has 1 aliphatic rings. The summed E-state index contributed by atoms with van der Waals surface area (Å²) in [5.74, 6) is -0.152. The summed E-state index contributed by atoms with van der Waals surface area (Å²) >= 11 is 0. The Balaban J connectivity index is 2.24. The van der Waals surface area contributed by atoms with Crippen molar-refractivity contribution in [2.75, 3.05) is 27.2 Å². The summed E-state index contributed by atoms with van der Waals surface area (Å²) in [6.07, 6.45) is 4.28. The van der Waals surface area contributed by atoms with Crippen LogP contribution in [0, 0.1) is 0 Å². The molecule has 7 nitrogen and oxygen atoms in total. The Morgan fingerprint density at radius 2 is 1.82 bits per heavy atom. The monoisotopic (exact) mass is 327 g/mol. The van der Waals surface area contributed by atoms with Crippen LogP contribution in [0.2, 0.25) is 0 Å². The lowest BCUT2D eigenvalue weighted by molar-refractivity contribution is -0.132. The van der Waals surface area contributed by atoms with Gasteiger partial charge in [0, 0.05) is 39.4 Å². The number of carbonyl (C=O) groups is 1. The first-order valence-corrected chi connectivity index (χ1v) is 8.67. The molecule has 0 aliphatic carbocycles. The molecule has 1 amide bonds. The maximum atomic E-state index is 12.2. The number of piperidine rings is 1. The van der Waals surface area contributed by atoms with Gasteiger partial charge < -0.3 is 9.47 Å². The number of aromatic nitrogens is 1. The minimum absolute atomic E-state index is 0.00328. The second-order valence-electron chi connectivity index (χ2n) is 5.56. The van der Waals surface area contributed by atoms with Crippen molar-refractivity contribution in [3.63, 3.8) is 0 Å². The zero-order valence-electron chi connectivity index (χ0n) is 12.9. The highest BCUT2D eigenvalue weighted by Crippen LogP contribution is 2.12. The van der Waals surface area contributed by atoms with Crippen LogP contribution >= 0.6 is 0 Å². The SMILES string of the molecule is CN(C)S(=O)(=O)c1ccc(=O)n(CC(=O)N2CCCCC2)c1. The Labute approximate surface area is 130 Å². The Bertz CT molecular complexity index is 703. The van der Waals surface area contributed by atoms with Gasteiger partial charge in [-0.3, -0.25) is 9.59 Å². The van der Waals surface area contributed by atoms with Crippen molar-refractivity contribution in [3.8, 4) is 0 Å². The summed E-state index contributed by atoms with van der Waals surface area (Å²) in [4.78, 5) is 25.8. The van der Waals surface area contributed by atoms with Crippen LogP contribution in [-0.4, -0.2) is 55.3 Å². The van der Waals surface area contributed by atoms with E-state index in [-0.39, 0.29) is 22.9 Å². The standard InChI is InChI=1S/C14H21N3O4S/c1-15(2)22(20,21)12-6-7-13(18)17(10-12)11-14(19)16-8-4-3-5-9-16/h6-7,10H,3-5,8-9,11H2,1-2H3. The molecule has 0 unspecified atom stereocenters. The van der Waals surface area contributed by atoms with Crippen molar-refractivity contribution in [1.29, 1.82) is 0 Å². The molecule has 1 aliphatic heterocycles. The number of hydrogen-bond donors (Lipinski definition) is 0. The molecule has 22 heavy (non-hydrogen) atoms. The predicted molar refractivity (Wildman–Crippen MR) is 82.0 cm³/mol. The summed E-state index contributed by atoms with van der Waals surface area (Å²) in [5, 5.41) is 0. The van der Waals surface area contributed by atoms with Crippen molar-refractivity contribution in [2.24, 2.45) is 0 Å². The van der Waals surface area contributed by atoms with Crippen LogP contribution in [0.3, 0.4) is 0 Å². The summed E-state index contributed by atoms with van der Waals surface area (Å²) in [6, 6.07) is 2.44. The van der Waals surface area contributed by atoms with Crippen LogP contribution in [0.15, 0.2) is 28.0 Å². The van der Waals surface area contributed by atoms with Crippen LogP contribution in [0.1, 0.15) is 19.3 Å². The smallest absolute Gasteiger partial charge is 0.251 e. The largest absolute Gasteiger partial charge is 0.341 e. The third-order valence-electron chi connectivity index (χ3n) is 3.75. The van der Waals surface area contributed by atoms with E-state index in [2.05, 4.69) is 0 Å². The maximum Gasteiger partial charge on any atom is 0.251 e. The Morgan fingerprint density at radius 1 is 1.18 bits per heavy atom. The zero-order valence-corrected chi connectivity index (χ0v) is 13.7. The lowest BCUT2D eigenvalue weighted by Crippen LogP contribution is -2.39. The fraction of sp³-hybridized carbons (Fsp3) is 0.571. The molecule has 1 aromatic rings. The van der Waals surface area contributed by atoms with Gasteiger partial charge in [-0.1, -0.05) is 0 Å². The van der Waals surface area contributed by atoms with Gasteiger partial charge in [0.25, 0.3) is 5.56 Å². The van der Waals surface area contributed by atoms with Gasteiger partial charge in [0.1, 0.15) is 6.54 Å². The molecule has 0 saturated carbocycles. The van der Waals surface area contributed by atoms with Crippen LogP contribution in [0.5, 0.6) is 0 Å². The van der Waals surface area contributed by atoms with Gasteiger partial charge >= 0.3 is 0 Å². The molecule has 0 N–H and O–H groups in total. The summed E-state index contributed by atoms with van der Waals surface area (Å²) in [5.41, 5.74) is -0.386. The van der Waals surface area contributed by atoms with Gasteiger partial charge in [0.2, 0.25) is 15.9 Å². The molecule has 8 heteroatoms. The molecule has 1 fully saturated rings. The lowest BCUT2D eigenvalue weighted by Gasteiger charge is -2.27. The van der Waals surface area contributed by atoms with E-state index >= 15 is 0 Å². The van der Waals surface area contributed by atoms with E-state index in [1.165, 1.54) is 32.4 Å². The maximum absolute atomic E-state index is 12.2. The first kappa shape index (κ1) is 16.7. The van der Waals surface area contributed by atoms with Gasteiger partial charge in [-0.15, -0.1) is 0 Å². The van der Waals surface area contributed by atoms with Gasteiger partial charge in [0.15, 0.2) is 0 Å². The first-order chi connectivity index (χ1) is 10.3. The van der Waals surface area contributed by atoms with E-state index in [4.69, 9.17) is 0 Å². The van der Waals surface area contributed by atoms with E-state index in [1.807, 2.05) is 0 Å². The van der Waals surface area contributed by atoms with E-state index < -0.39 is 10.0 Å². The molecular weight excluding hydrogens is 306 g/mol. The number of carbonyl (C=O) groups excluding carboxylic acids is 1. The van der Waals surface area contributed by atoms with Gasteiger partial charge in [-0.05, 0) is 25.3 Å². The third kappa shape index (κ3) is 3.56. The van der Waals surface area contributed by atoms with Crippen LogP contribution in [-0.2, 0) is 21.4 Å². The molecule has 0 aromatic carbocycles. The normalized spacial score (nSPS) is 16.0. The molecule has 0 radical (unpaired) electrons. The zero-order chi connectivity index (χ0) is 16.3. The molecule has 0 bridgehead atoms. The highest BCUT2D eigenvalue weighted by Gasteiger charge is 2.20. The van der Waals surface area contributed by atoms with Crippen molar-refractivity contribution < 1.29 is 13.2 Å².